The second kappa shape index (κ2) is 8.58. The van der Waals surface area contributed by atoms with E-state index in [2.05, 4.69) is 56.1 Å². The van der Waals surface area contributed by atoms with Crippen molar-refractivity contribution in [1.82, 2.24) is 9.88 Å². The summed E-state index contributed by atoms with van der Waals surface area (Å²) >= 11 is 6.18. The molecule has 4 nitrogen and oxygen atoms in total. The maximum absolute atomic E-state index is 12.3. The summed E-state index contributed by atoms with van der Waals surface area (Å²) < 4.78 is 5.31. The fourth-order valence-corrected chi connectivity index (χ4v) is 3.79. The third-order valence-corrected chi connectivity index (χ3v) is 5.78. The van der Waals surface area contributed by atoms with Crippen molar-refractivity contribution in [2.75, 3.05) is 20.7 Å². The van der Waals surface area contributed by atoms with Crippen LogP contribution in [-0.4, -0.2) is 36.5 Å². The minimum absolute atomic E-state index is 0.0260. The van der Waals surface area contributed by atoms with Crippen molar-refractivity contribution in [3.8, 4) is 5.88 Å². The quantitative estimate of drug-likeness (QED) is 0.665. The van der Waals surface area contributed by atoms with Crippen LogP contribution in [-0.2, 0) is 10.2 Å². The topological polar surface area (TPSA) is 42.4 Å². The normalized spacial score (nSPS) is 17.7. The fourth-order valence-electron chi connectivity index (χ4n) is 3.61. The Bertz CT molecular complexity index is 913. The van der Waals surface area contributed by atoms with E-state index < -0.39 is 0 Å². The van der Waals surface area contributed by atoms with Crippen molar-refractivity contribution < 1.29 is 9.53 Å². The molecule has 2 heterocycles. The second-order valence-electron chi connectivity index (χ2n) is 8.61. The van der Waals surface area contributed by atoms with Crippen LogP contribution in [0.1, 0.15) is 50.4 Å². The molecule has 0 radical (unpaired) electrons. The molecule has 0 N–H and O–H groups in total. The number of ether oxygens (including phenoxy) is 1. The summed E-state index contributed by atoms with van der Waals surface area (Å²) in [5, 5.41) is 0.478. The first-order valence-electron chi connectivity index (χ1n) is 9.97. The van der Waals surface area contributed by atoms with Gasteiger partial charge in [0.15, 0.2) is 0 Å². The first kappa shape index (κ1) is 21.4. The number of allylic oxidation sites excluding steroid dienone is 1. The Balaban J connectivity index is 1.99. The van der Waals surface area contributed by atoms with E-state index in [1.165, 1.54) is 5.56 Å². The van der Waals surface area contributed by atoms with E-state index in [0.29, 0.717) is 17.3 Å². The van der Waals surface area contributed by atoms with Crippen LogP contribution in [0.5, 0.6) is 5.88 Å². The summed E-state index contributed by atoms with van der Waals surface area (Å²) in [4.78, 5) is 18.7. The molecule has 0 aliphatic carbocycles. The highest BCUT2D eigenvalue weighted by atomic mass is 35.5. The standard InChI is InChI=1S/C24H29ClN2O2/c1-24(2,3)18-9-6-16(7-10-18)19(11-8-17-14-15-27(4)23(17)28)21-13-12-20(25)22(26-21)29-5/h6-7,9-13,17H,8,14-15H2,1-5H3. The third kappa shape index (κ3) is 4.81. The van der Waals surface area contributed by atoms with Gasteiger partial charge in [-0.25, -0.2) is 4.98 Å². The van der Waals surface area contributed by atoms with Crippen LogP contribution in [0.25, 0.3) is 5.57 Å². The van der Waals surface area contributed by atoms with E-state index in [0.717, 1.165) is 29.8 Å². The molecule has 5 heteroatoms. The number of methoxy groups -OCH3 is 1. The van der Waals surface area contributed by atoms with Crippen LogP contribution in [0, 0.1) is 5.92 Å². The van der Waals surface area contributed by atoms with Gasteiger partial charge in [0.1, 0.15) is 5.02 Å². The molecule has 0 spiro atoms. The number of likely N-dealkylation sites (tertiary alicyclic amines) is 1. The molecule has 0 bridgehead atoms. The average Bonchev–Trinajstić information content (AvgIpc) is 3.01. The number of amides is 1. The molecule has 154 valence electrons. The number of carbonyl (C=O) groups excluding carboxylic acids is 1. The smallest absolute Gasteiger partial charge is 0.232 e. The molecule has 1 aromatic carbocycles. The maximum atomic E-state index is 12.3. The highest BCUT2D eigenvalue weighted by molar-refractivity contribution is 6.31. The van der Waals surface area contributed by atoms with Crippen molar-refractivity contribution in [3.63, 3.8) is 0 Å². The molecule has 0 saturated carbocycles. The summed E-state index contributed by atoms with van der Waals surface area (Å²) in [6, 6.07) is 12.3. The summed E-state index contributed by atoms with van der Waals surface area (Å²) in [6.45, 7) is 7.42. The number of hydrogen-bond donors (Lipinski definition) is 0. The summed E-state index contributed by atoms with van der Waals surface area (Å²) in [5.74, 6) is 0.640. The van der Waals surface area contributed by atoms with E-state index in [1.54, 1.807) is 18.1 Å². The zero-order valence-corrected chi connectivity index (χ0v) is 18.6. The number of rotatable bonds is 5. The lowest BCUT2D eigenvalue weighted by atomic mass is 9.86. The van der Waals surface area contributed by atoms with Crippen LogP contribution >= 0.6 is 11.6 Å². The minimum atomic E-state index is 0.0260. The Kier molecular flexibility index (Phi) is 6.33. The average molecular weight is 413 g/mol. The Morgan fingerprint density at radius 3 is 2.48 bits per heavy atom. The molecule has 1 fully saturated rings. The Morgan fingerprint density at radius 2 is 1.93 bits per heavy atom. The van der Waals surface area contributed by atoms with Gasteiger partial charge in [0.25, 0.3) is 0 Å². The Labute approximate surface area is 178 Å². The van der Waals surface area contributed by atoms with Gasteiger partial charge in [-0.2, -0.15) is 0 Å². The summed E-state index contributed by atoms with van der Waals surface area (Å²) in [6.07, 6.45) is 3.70. The molecular formula is C24H29ClN2O2. The van der Waals surface area contributed by atoms with Gasteiger partial charge in [-0.3, -0.25) is 4.79 Å². The van der Waals surface area contributed by atoms with E-state index >= 15 is 0 Å². The molecule has 29 heavy (non-hydrogen) atoms. The minimum Gasteiger partial charge on any atom is -0.480 e. The van der Waals surface area contributed by atoms with Crippen LogP contribution in [0.2, 0.25) is 5.02 Å². The van der Waals surface area contributed by atoms with Crippen molar-refractivity contribution >= 4 is 23.1 Å². The van der Waals surface area contributed by atoms with Crippen LogP contribution in [0.3, 0.4) is 0 Å². The van der Waals surface area contributed by atoms with Gasteiger partial charge in [-0.05, 0) is 41.5 Å². The van der Waals surface area contributed by atoms with Gasteiger partial charge < -0.3 is 9.64 Å². The first-order chi connectivity index (χ1) is 13.7. The highest BCUT2D eigenvalue weighted by Crippen LogP contribution is 2.31. The predicted octanol–water partition coefficient (Wildman–Crippen LogP) is 5.34. The van der Waals surface area contributed by atoms with Crippen LogP contribution < -0.4 is 4.74 Å². The van der Waals surface area contributed by atoms with Crippen molar-refractivity contribution in [3.05, 3.63) is 64.3 Å². The van der Waals surface area contributed by atoms with Gasteiger partial charge in [0, 0.05) is 25.1 Å². The molecule has 1 aromatic heterocycles. The number of hydrogen-bond acceptors (Lipinski definition) is 3. The number of halogens is 1. The summed E-state index contributed by atoms with van der Waals surface area (Å²) in [7, 11) is 3.43. The van der Waals surface area contributed by atoms with Gasteiger partial charge in [-0.15, -0.1) is 0 Å². The zero-order valence-electron chi connectivity index (χ0n) is 17.8. The molecule has 1 saturated heterocycles. The Hall–Kier alpha value is -2.33. The lowest BCUT2D eigenvalue weighted by Gasteiger charge is -2.19. The van der Waals surface area contributed by atoms with Crippen molar-refractivity contribution in [2.45, 2.75) is 39.0 Å². The molecular weight excluding hydrogens is 384 g/mol. The molecule has 1 aliphatic heterocycles. The molecule has 1 atom stereocenters. The number of benzene rings is 1. The molecule has 2 aromatic rings. The fraction of sp³-hybridized carbons (Fsp3) is 0.417. The third-order valence-electron chi connectivity index (χ3n) is 5.49. The van der Waals surface area contributed by atoms with E-state index in [4.69, 9.17) is 16.3 Å². The lowest BCUT2D eigenvalue weighted by Crippen LogP contribution is -2.22. The zero-order chi connectivity index (χ0) is 21.2. The highest BCUT2D eigenvalue weighted by Gasteiger charge is 2.28. The number of nitrogens with zero attached hydrogens (tertiary/aromatic N) is 2. The first-order valence-corrected chi connectivity index (χ1v) is 10.4. The monoisotopic (exact) mass is 412 g/mol. The van der Waals surface area contributed by atoms with E-state index in [-0.39, 0.29) is 17.2 Å². The largest absolute Gasteiger partial charge is 0.480 e. The van der Waals surface area contributed by atoms with Crippen LogP contribution in [0.15, 0.2) is 42.5 Å². The van der Waals surface area contributed by atoms with Crippen LogP contribution in [0.4, 0.5) is 0 Å². The van der Waals surface area contributed by atoms with Gasteiger partial charge in [-0.1, -0.05) is 62.7 Å². The predicted molar refractivity (Wildman–Crippen MR) is 118 cm³/mol. The molecule has 1 unspecified atom stereocenters. The molecule has 1 amide bonds. The van der Waals surface area contributed by atoms with E-state index in [9.17, 15) is 4.79 Å². The van der Waals surface area contributed by atoms with Gasteiger partial charge >= 0.3 is 0 Å². The molecule has 3 rings (SSSR count). The maximum Gasteiger partial charge on any atom is 0.232 e. The van der Waals surface area contributed by atoms with E-state index in [1.807, 2.05) is 13.1 Å². The second-order valence-corrected chi connectivity index (χ2v) is 9.02. The van der Waals surface area contributed by atoms with Crippen molar-refractivity contribution in [2.24, 2.45) is 5.92 Å². The lowest BCUT2D eigenvalue weighted by molar-refractivity contribution is -0.129. The molecule has 1 aliphatic rings. The van der Waals surface area contributed by atoms with Gasteiger partial charge in [0.05, 0.1) is 12.8 Å². The summed E-state index contributed by atoms with van der Waals surface area (Å²) in [5.41, 5.74) is 4.20. The number of aromatic nitrogens is 1. The SMILES string of the molecule is COc1nc(C(=CCC2CCN(C)C2=O)c2ccc(C(C)(C)C)cc2)ccc1Cl. The number of carbonyl (C=O) groups is 1. The number of pyridine rings is 1. The van der Waals surface area contributed by atoms with Crippen molar-refractivity contribution in [1.29, 1.82) is 0 Å². The Morgan fingerprint density at radius 1 is 1.24 bits per heavy atom. The van der Waals surface area contributed by atoms with Gasteiger partial charge in [0.2, 0.25) is 11.8 Å².